The van der Waals surface area contributed by atoms with Crippen molar-refractivity contribution < 1.29 is 0 Å². The van der Waals surface area contributed by atoms with E-state index in [1.54, 1.807) is 18.5 Å². The van der Waals surface area contributed by atoms with Gasteiger partial charge in [-0.1, -0.05) is 0 Å². The maximum atomic E-state index is 4.30. The van der Waals surface area contributed by atoms with E-state index < -0.39 is 0 Å². The van der Waals surface area contributed by atoms with Crippen LogP contribution in [-0.2, 0) is 0 Å². The standard InChI is InChI=1S/C10H10N4S/c1-7-6-9(14-8(2)13-7)15-10-11-4-3-5-12-10/h3-6H,1-2H3. The van der Waals surface area contributed by atoms with Crippen LogP contribution in [0, 0.1) is 13.8 Å². The number of nitrogens with zero attached hydrogens (tertiary/aromatic N) is 4. The highest BCUT2D eigenvalue weighted by molar-refractivity contribution is 7.99. The lowest BCUT2D eigenvalue weighted by Gasteiger charge is -2.01. The van der Waals surface area contributed by atoms with Gasteiger partial charge in [-0.05, 0) is 37.7 Å². The van der Waals surface area contributed by atoms with Crippen molar-refractivity contribution in [2.75, 3.05) is 0 Å². The van der Waals surface area contributed by atoms with Gasteiger partial charge in [0.15, 0.2) is 5.16 Å². The number of aryl methyl sites for hydroxylation is 2. The molecule has 2 heterocycles. The molecule has 0 radical (unpaired) electrons. The Morgan fingerprint density at radius 1 is 1.07 bits per heavy atom. The normalized spacial score (nSPS) is 10.3. The second-order valence-electron chi connectivity index (χ2n) is 3.03. The monoisotopic (exact) mass is 218 g/mol. The zero-order valence-electron chi connectivity index (χ0n) is 8.51. The van der Waals surface area contributed by atoms with Crippen LogP contribution in [0.1, 0.15) is 11.5 Å². The summed E-state index contributed by atoms with van der Waals surface area (Å²) in [5.41, 5.74) is 0.959. The molecule has 2 rings (SSSR count). The smallest absolute Gasteiger partial charge is 0.193 e. The molecule has 0 unspecified atom stereocenters. The molecule has 0 aliphatic carbocycles. The van der Waals surface area contributed by atoms with Crippen LogP contribution in [0.4, 0.5) is 0 Å². The summed E-state index contributed by atoms with van der Waals surface area (Å²) in [7, 11) is 0. The zero-order chi connectivity index (χ0) is 10.7. The Hall–Kier alpha value is -1.49. The van der Waals surface area contributed by atoms with Crippen LogP contribution < -0.4 is 0 Å². The molecule has 4 nitrogen and oxygen atoms in total. The Balaban J connectivity index is 2.25. The molecule has 0 saturated carbocycles. The molecule has 15 heavy (non-hydrogen) atoms. The van der Waals surface area contributed by atoms with Gasteiger partial charge < -0.3 is 0 Å². The average molecular weight is 218 g/mol. The largest absolute Gasteiger partial charge is 0.238 e. The molecule has 0 amide bonds. The van der Waals surface area contributed by atoms with E-state index in [2.05, 4.69) is 19.9 Å². The van der Waals surface area contributed by atoms with Gasteiger partial charge in [0.05, 0.1) is 0 Å². The molecule has 0 atom stereocenters. The van der Waals surface area contributed by atoms with Crippen molar-refractivity contribution in [1.82, 2.24) is 19.9 Å². The van der Waals surface area contributed by atoms with Crippen LogP contribution in [-0.4, -0.2) is 19.9 Å². The molecule has 0 fully saturated rings. The summed E-state index contributed by atoms with van der Waals surface area (Å²) in [6.07, 6.45) is 3.44. The molecule has 0 aromatic carbocycles. The maximum absolute atomic E-state index is 4.30. The lowest BCUT2D eigenvalue weighted by atomic mass is 10.4. The second kappa shape index (κ2) is 4.35. The van der Waals surface area contributed by atoms with Crippen molar-refractivity contribution in [1.29, 1.82) is 0 Å². The number of rotatable bonds is 2. The molecular weight excluding hydrogens is 208 g/mol. The summed E-state index contributed by atoms with van der Waals surface area (Å²) in [6.45, 7) is 3.83. The molecule has 76 valence electrons. The molecule has 2 aromatic heterocycles. The van der Waals surface area contributed by atoms with Crippen LogP contribution in [0.2, 0.25) is 0 Å². The predicted molar refractivity (Wildman–Crippen MR) is 57.7 cm³/mol. The van der Waals surface area contributed by atoms with Crippen molar-refractivity contribution in [3.8, 4) is 0 Å². The van der Waals surface area contributed by atoms with Gasteiger partial charge in [-0.3, -0.25) is 0 Å². The third kappa shape index (κ3) is 2.73. The third-order valence-electron chi connectivity index (χ3n) is 1.68. The van der Waals surface area contributed by atoms with Crippen molar-refractivity contribution in [2.45, 2.75) is 24.0 Å². The van der Waals surface area contributed by atoms with Crippen LogP contribution in [0.25, 0.3) is 0 Å². The fraction of sp³-hybridized carbons (Fsp3) is 0.200. The predicted octanol–water partition coefficient (Wildman–Crippen LogP) is 2.03. The summed E-state index contributed by atoms with van der Waals surface area (Å²) in [4.78, 5) is 16.8. The minimum Gasteiger partial charge on any atom is -0.238 e. The van der Waals surface area contributed by atoms with Gasteiger partial charge in [-0.15, -0.1) is 0 Å². The fourth-order valence-corrected chi connectivity index (χ4v) is 1.99. The lowest BCUT2D eigenvalue weighted by molar-refractivity contribution is 0.919. The summed E-state index contributed by atoms with van der Waals surface area (Å²) in [5.74, 6) is 0.772. The van der Waals surface area contributed by atoms with Gasteiger partial charge in [0.2, 0.25) is 0 Å². The van der Waals surface area contributed by atoms with Crippen LogP contribution in [0.5, 0.6) is 0 Å². The highest BCUT2D eigenvalue weighted by atomic mass is 32.2. The van der Waals surface area contributed by atoms with Gasteiger partial charge >= 0.3 is 0 Å². The van der Waals surface area contributed by atoms with E-state index in [1.165, 1.54) is 11.8 Å². The molecule has 0 spiro atoms. The van der Waals surface area contributed by atoms with Crippen molar-refractivity contribution in [3.63, 3.8) is 0 Å². The first-order valence-electron chi connectivity index (χ1n) is 4.51. The Bertz CT molecular complexity index is 438. The van der Waals surface area contributed by atoms with Crippen molar-refractivity contribution in [2.24, 2.45) is 0 Å². The van der Waals surface area contributed by atoms with E-state index in [1.807, 2.05) is 19.9 Å². The summed E-state index contributed by atoms with van der Waals surface area (Å²) in [5, 5.41) is 1.58. The maximum Gasteiger partial charge on any atom is 0.193 e. The van der Waals surface area contributed by atoms with Gasteiger partial charge in [-0.25, -0.2) is 19.9 Å². The second-order valence-corrected chi connectivity index (χ2v) is 4.02. The van der Waals surface area contributed by atoms with E-state index in [0.29, 0.717) is 5.16 Å². The lowest BCUT2D eigenvalue weighted by Crippen LogP contribution is -1.93. The van der Waals surface area contributed by atoms with E-state index >= 15 is 0 Å². The zero-order valence-corrected chi connectivity index (χ0v) is 9.32. The van der Waals surface area contributed by atoms with Crippen molar-refractivity contribution >= 4 is 11.8 Å². The molecule has 0 N–H and O–H groups in total. The van der Waals surface area contributed by atoms with Gasteiger partial charge in [0.1, 0.15) is 10.9 Å². The van der Waals surface area contributed by atoms with E-state index in [9.17, 15) is 0 Å². The number of hydrogen-bond donors (Lipinski definition) is 0. The SMILES string of the molecule is Cc1cc(Sc2ncccn2)nc(C)n1. The minimum absolute atomic E-state index is 0.704. The van der Waals surface area contributed by atoms with E-state index in [4.69, 9.17) is 0 Å². The Labute approximate surface area is 92.2 Å². The number of aromatic nitrogens is 4. The van der Waals surface area contributed by atoms with Crippen LogP contribution in [0.3, 0.4) is 0 Å². The molecule has 5 heteroatoms. The summed E-state index contributed by atoms with van der Waals surface area (Å²) < 4.78 is 0. The molecule has 0 saturated heterocycles. The van der Waals surface area contributed by atoms with Gasteiger partial charge in [-0.2, -0.15) is 0 Å². The van der Waals surface area contributed by atoms with E-state index in [-0.39, 0.29) is 0 Å². The topological polar surface area (TPSA) is 51.6 Å². The molecule has 0 aliphatic heterocycles. The Kier molecular flexibility index (Phi) is 2.91. The first kappa shape index (κ1) is 10.0. The highest BCUT2D eigenvalue weighted by Gasteiger charge is 2.02. The summed E-state index contributed by atoms with van der Waals surface area (Å²) in [6, 6.07) is 3.72. The first-order chi connectivity index (χ1) is 7.24. The molecule has 0 aliphatic rings. The average Bonchev–Trinajstić information content (AvgIpc) is 2.17. The Morgan fingerprint density at radius 3 is 2.47 bits per heavy atom. The van der Waals surface area contributed by atoms with E-state index in [0.717, 1.165) is 16.5 Å². The molecular formula is C10H10N4S. The van der Waals surface area contributed by atoms with Gasteiger partial charge in [0, 0.05) is 18.1 Å². The minimum atomic E-state index is 0.704. The number of hydrogen-bond acceptors (Lipinski definition) is 5. The van der Waals surface area contributed by atoms with Crippen LogP contribution in [0.15, 0.2) is 34.7 Å². The highest BCUT2D eigenvalue weighted by Crippen LogP contribution is 2.21. The van der Waals surface area contributed by atoms with Gasteiger partial charge in [0.25, 0.3) is 0 Å². The molecule has 0 bridgehead atoms. The van der Waals surface area contributed by atoms with Crippen LogP contribution >= 0.6 is 11.8 Å². The third-order valence-corrected chi connectivity index (χ3v) is 2.49. The Morgan fingerprint density at radius 2 is 1.80 bits per heavy atom. The quantitative estimate of drug-likeness (QED) is 0.570. The summed E-state index contributed by atoms with van der Waals surface area (Å²) >= 11 is 1.44. The molecule has 2 aromatic rings. The fourth-order valence-electron chi connectivity index (χ4n) is 1.17. The first-order valence-corrected chi connectivity index (χ1v) is 5.33. The van der Waals surface area contributed by atoms with Crippen molar-refractivity contribution in [3.05, 3.63) is 36.0 Å².